The predicted molar refractivity (Wildman–Crippen MR) is 85.0 cm³/mol. The molecule has 0 amide bonds. The highest BCUT2D eigenvalue weighted by atomic mass is 15.4. The Hall–Kier alpha value is -0.990. The maximum atomic E-state index is 5.04. The summed E-state index contributed by atoms with van der Waals surface area (Å²) in [5.74, 6) is 1.21. The molecule has 0 saturated carbocycles. The molecule has 1 N–H and O–H groups in total. The molecule has 0 bridgehead atoms. The van der Waals surface area contributed by atoms with Crippen LogP contribution in [0.15, 0.2) is 16.6 Å². The Morgan fingerprint density at radius 1 is 1.30 bits per heavy atom. The van der Waals surface area contributed by atoms with E-state index in [0.29, 0.717) is 12.1 Å². The molecule has 2 fully saturated rings. The quantitative estimate of drug-likeness (QED) is 0.799. The fraction of sp³-hybridized carbons (Fsp3) is 0.824. The number of guanidine groups is 1. The van der Waals surface area contributed by atoms with Gasteiger partial charge in [-0.05, 0) is 65.7 Å². The van der Waals surface area contributed by atoms with Gasteiger partial charge in [0, 0.05) is 18.1 Å². The first-order chi connectivity index (χ1) is 9.63. The number of allylic oxidation sites excluding steroid dienone is 2. The minimum atomic E-state index is 0.526. The summed E-state index contributed by atoms with van der Waals surface area (Å²) in [5, 5.41) is 3.64. The van der Waals surface area contributed by atoms with Gasteiger partial charge in [-0.2, -0.15) is 0 Å². The molecule has 20 heavy (non-hydrogen) atoms. The second-order valence-electron chi connectivity index (χ2n) is 7.13. The second-order valence-corrected chi connectivity index (χ2v) is 7.13. The van der Waals surface area contributed by atoms with E-state index in [4.69, 9.17) is 4.99 Å². The van der Waals surface area contributed by atoms with Gasteiger partial charge in [-0.25, -0.2) is 4.99 Å². The number of hydrogen-bond donors (Lipinski definition) is 1. The summed E-state index contributed by atoms with van der Waals surface area (Å²) in [4.78, 5) is 7.66. The SMILES string of the molecule is CC(C)=CCC[C@H]1C[C@H]2CCC[C@H]3C[C@@H](C)NC(=N1)N23. The normalized spacial score (nSPS) is 35.8. The molecule has 0 aromatic rings. The lowest BCUT2D eigenvalue weighted by atomic mass is 9.85. The fourth-order valence-electron chi connectivity index (χ4n) is 4.13. The van der Waals surface area contributed by atoms with Crippen molar-refractivity contribution < 1.29 is 0 Å². The van der Waals surface area contributed by atoms with Crippen LogP contribution in [0.25, 0.3) is 0 Å². The number of nitrogens with one attached hydrogen (secondary N) is 1. The van der Waals surface area contributed by atoms with E-state index < -0.39 is 0 Å². The van der Waals surface area contributed by atoms with Crippen LogP contribution in [-0.2, 0) is 0 Å². The Bertz CT molecular complexity index is 408. The van der Waals surface area contributed by atoms with E-state index in [-0.39, 0.29) is 0 Å². The molecule has 0 aromatic heterocycles. The van der Waals surface area contributed by atoms with Gasteiger partial charge < -0.3 is 10.2 Å². The predicted octanol–water partition coefficient (Wildman–Crippen LogP) is 3.47. The molecule has 3 aliphatic heterocycles. The van der Waals surface area contributed by atoms with Crippen molar-refractivity contribution in [3.63, 3.8) is 0 Å². The third-order valence-electron chi connectivity index (χ3n) is 5.01. The maximum absolute atomic E-state index is 5.04. The molecule has 3 rings (SSSR count). The van der Waals surface area contributed by atoms with Crippen molar-refractivity contribution in [3.05, 3.63) is 11.6 Å². The topological polar surface area (TPSA) is 27.6 Å². The molecule has 3 heteroatoms. The molecule has 0 spiro atoms. The van der Waals surface area contributed by atoms with Crippen LogP contribution < -0.4 is 5.32 Å². The standard InChI is InChI=1S/C17H29N3/c1-12(2)6-4-7-14-11-16-9-5-8-15-10-13(3)18-17(19-14)20(15)16/h6,13-16H,4-5,7-11H2,1-3H3,(H,18,19)/t13-,14+,15+,16-/m1/s1. The van der Waals surface area contributed by atoms with Crippen LogP contribution >= 0.6 is 0 Å². The van der Waals surface area contributed by atoms with E-state index in [1.807, 2.05) is 0 Å². The molecule has 2 saturated heterocycles. The third-order valence-corrected chi connectivity index (χ3v) is 5.01. The molecule has 0 aromatic carbocycles. The fourth-order valence-corrected chi connectivity index (χ4v) is 4.13. The summed E-state index contributed by atoms with van der Waals surface area (Å²) in [6.45, 7) is 6.67. The average molecular weight is 275 g/mol. The molecule has 0 aliphatic carbocycles. The van der Waals surface area contributed by atoms with Gasteiger partial charge in [0.2, 0.25) is 0 Å². The summed E-state index contributed by atoms with van der Waals surface area (Å²) in [6, 6.07) is 2.61. The van der Waals surface area contributed by atoms with Gasteiger partial charge in [0.1, 0.15) is 0 Å². The molecule has 4 atom stereocenters. The average Bonchev–Trinajstić information content (AvgIpc) is 2.37. The van der Waals surface area contributed by atoms with Crippen molar-refractivity contribution in [3.8, 4) is 0 Å². The van der Waals surface area contributed by atoms with Crippen molar-refractivity contribution in [1.29, 1.82) is 0 Å². The lowest BCUT2D eigenvalue weighted by molar-refractivity contribution is 0.103. The van der Waals surface area contributed by atoms with E-state index in [2.05, 4.69) is 37.1 Å². The largest absolute Gasteiger partial charge is 0.354 e. The van der Waals surface area contributed by atoms with Gasteiger partial charge in [0.15, 0.2) is 5.96 Å². The molecule has 3 aliphatic rings. The lowest BCUT2D eigenvalue weighted by Crippen LogP contribution is -2.64. The molecular weight excluding hydrogens is 246 g/mol. The molecule has 0 unspecified atom stereocenters. The highest BCUT2D eigenvalue weighted by Crippen LogP contribution is 2.34. The van der Waals surface area contributed by atoms with Crippen LogP contribution in [0, 0.1) is 0 Å². The summed E-state index contributed by atoms with van der Waals surface area (Å²) < 4.78 is 0. The van der Waals surface area contributed by atoms with Crippen molar-refractivity contribution in [2.75, 3.05) is 0 Å². The van der Waals surface area contributed by atoms with Gasteiger partial charge in [-0.1, -0.05) is 11.6 Å². The maximum Gasteiger partial charge on any atom is 0.194 e. The first-order valence-electron chi connectivity index (χ1n) is 8.39. The number of aliphatic imine (C=N–C) groups is 1. The first kappa shape index (κ1) is 14.0. The summed E-state index contributed by atoms with van der Waals surface area (Å²) in [5.41, 5.74) is 1.43. The van der Waals surface area contributed by atoms with Crippen LogP contribution in [0.4, 0.5) is 0 Å². The number of nitrogens with zero attached hydrogens (tertiary/aromatic N) is 2. The Labute approximate surface area is 123 Å². The van der Waals surface area contributed by atoms with Gasteiger partial charge in [0.25, 0.3) is 0 Å². The second kappa shape index (κ2) is 5.79. The minimum absolute atomic E-state index is 0.526. The monoisotopic (exact) mass is 275 g/mol. The minimum Gasteiger partial charge on any atom is -0.354 e. The van der Waals surface area contributed by atoms with Crippen molar-refractivity contribution in [2.24, 2.45) is 4.99 Å². The van der Waals surface area contributed by atoms with E-state index in [0.717, 1.165) is 12.1 Å². The van der Waals surface area contributed by atoms with Gasteiger partial charge in [0.05, 0.1) is 6.04 Å². The van der Waals surface area contributed by atoms with Crippen LogP contribution in [-0.4, -0.2) is 35.0 Å². The van der Waals surface area contributed by atoms with Crippen molar-refractivity contribution >= 4 is 5.96 Å². The molecule has 112 valence electrons. The summed E-state index contributed by atoms with van der Waals surface area (Å²) in [6.07, 6.45) is 11.4. The van der Waals surface area contributed by atoms with Gasteiger partial charge in [-0.3, -0.25) is 0 Å². The first-order valence-corrected chi connectivity index (χ1v) is 8.39. The van der Waals surface area contributed by atoms with E-state index in [1.54, 1.807) is 0 Å². The van der Waals surface area contributed by atoms with Crippen LogP contribution in [0.2, 0.25) is 0 Å². The lowest BCUT2D eigenvalue weighted by Gasteiger charge is -2.52. The summed E-state index contributed by atoms with van der Waals surface area (Å²) in [7, 11) is 0. The third kappa shape index (κ3) is 2.87. The van der Waals surface area contributed by atoms with Gasteiger partial charge in [-0.15, -0.1) is 0 Å². The summed E-state index contributed by atoms with van der Waals surface area (Å²) >= 11 is 0. The smallest absolute Gasteiger partial charge is 0.194 e. The van der Waals surface area contributed by atoms with Crippen LogP contribution in [0.1, 0.15) is 65.7 Å². The molecule has 0 radical (unpaired) electrons. The Morgan fingerprint density at radius 3 is 2.80 bits per heavy atom. The van der Waals surface area contributed by atoms with Gasteiger partial charge >= 0.3 is 0 Å². The van der Waals surface area contributed by atoms with Crippen molar-refractivity contribution in [1.82, 2.24) is 10.2 Å². The zero-order valence-corrected chi connectivity index (χ0v) is 13.2. The zero-order chi connectivity index (χ0) is 14.1. The van der Waals surface area contributed by atoms with Crippen molar-refractivity contribution in [2.45, 2.75) is 89.9 Å². The zero-order valence-electron chi connectivity index (χ0n) is 13.2. The Kier molecular flexibility index (Phi) is 4.04. The van der Waals surface area contributed by atoms with E-state index in [1.165, 1.54) is 56.5 Å². The molecule has 3 nitrogen and oxygen atoms in total. The molecule has 3 heterocycles. The molecular formula is C17H29N3. The Morgan fingerprint density at radius 2 is 2.05 bits per heavy atom. The van der Waals surface area contributed by atoms with Crippen LogP contribution in [0.5, 0.6) is 0 Å². The highest BCUT2D eigenvalue weighted by Gasteiger charge is 2.40. The van der Waals surface area contributed by atoms with Crippen LogP contribution in [0.3, 0.4) is 0 Å². The van der Waals surface area contributed by atoms with E-state index in [9.17, 15) is 0 Å². The van der Waals surface area contributed by atoms with E-state index >= 15 is 0 Å². The Balaban J connectivity index is 1.72. The number of rotatable bonds is 3. The number of hydrogen-bond acceptors (Lipinski definition) is 3. The number of piperidine rings is 1. The highest BCUT2D eigenvalue weighted by molar-refractivity contribution is 5.82.